The van der Waals surface area contributed by atoms with E-state index in [1.165, 1.54) is 11.1 Å². The van der Waals surface area contributed by atoms with Crippen LogP contribution in [0, 0.1) is 0 Å². The van der Waals surface area contributed by atoms with Crippen molar-refractivity contribution in [1.82, 2.24) is 4.90 Å². The zero-order valence-corrected chi connectivity index (χ0v) is 18.6. The van der Waals surface area contributed by atoms with E-state index in [1.54, 1.807) is 12.1 Å². The van der Waals surface area contributed by atoms with Crippen molar-refractivity contribution in [2.75, 3.05) is 18.4 Å². The molecule has 4 rings (SSSR count). The molecule has 0 aromatic heterocycles. The molecule has 164 valence electrons. The minimum atomic E-state index is -0.198. The van der Waals surface area contributed by atoms with E-state index in [0.717, 1.165) is 32.2 Å². The van der Waals surface area contributed by atoms with Gasteiger partial charge in [0.05, 0.1) is 11.3 Å². The van der Waals surface area contributed by atoms with Gasteiger partial charge in [-0.1, -0.05) is 67.9 Å². The molecule has 4 nitrogen and oxygen atoms in total. The van der Waals surface area contributed by atoms with Crippen LogP contribution in [-0.2, 0) is 6.42 Å². The number of benzene rings is 3. The standard InChI is InChI=1S/C28H30N2O2/c1-2-3-9-21-14-16-23(17-15-21)27(31)29-26-13-8-7-12-25(26)28(32)30-19-18-24(20-30)22-10-5-4-6-11-22/h4-8,10-17,24H,2-3,9,18-20H2,1H3,(H,29,31). The molecule has 32 heavy (non-hydrogen) atoms. The average Bonchev–Trinajstić information content (AvgIpc) is 3.34. The lowest BCUT2D eigenvalue weighted by atomic mass is 9.99. The molecule has 3 aromatic rings. The number of nitrogens with zero attached hydrogens (tertiary/aromatic N) is 1. The van der Waals surface area contributed by atoms with E-state index in [9.17, 15) is 9.59 Å². The maximum atomic E-state index is 13.3. The van der Waals surface area contributed by atoms with Gasteiger partial charge in [0.2, 0.25) is 0 Å². The van der Waals surface area contributed by atoms with Crippen molar-refractivity contribution in [2.45, 2.75) is 38.5 Å². The number of likely N-dealkylation sites (tertiary alicyclic amines) is 1. The van der Waals surface area contributed by atoms with Gasteiger partial charge in [0, 0.05) is 24.6 Å². The van der Waals surface area contributed by atoms with Crippen LogP contribution >= 0.6 is 0 Å². The molecule has 4 heteroatoms. The van der Waals surface area contributed by atoms with Gasteiger partial charge in [0.25, 0.3) is 11.8 Å². The summed E-state index contributed by atoms with van der Waals surface area (Å²) in [5.74, 6) is 0.123. The summed E-state index contributed by atoms with van der Waals surface area (Å²) in [5.41, 5.74) is 4.19. The number of nitrogens with one attached hydrogen (secondary N) is 1. The number of rotatable bonds is 7. The molecule has 1 aliphatic rings. The van der Waals surface area contributed by atoms with Crippen molar-refractivity contribution in [3.05, 3.63) is 101 Å². The van der Waals surface area contributed by atoms with E-state index in [0.29, 0.717) is 29.3 Å². The van der Waals surface area contributed by atoms with Crippen LogP contribution in [0.15, 0.2) is 78.9 Å². The molecule has 1 aliphatic heterocycles. The Bertz CT molecular complexity index is 1060. The maximum absolute atomic E-state index is 13.3. The Kier molecular flexibility index (Phi) is 7.00. The van der Waals surface area contributed by atoms with Gasteiger partial charge in [-0.15, -0.1) is 0 Å². The van der Waals surface area contributed by atoms with Crippen LogP contribution in [0.1, 0.15) is 63.9 Å². The second-order valence-electron chi connectivity index (χ2n) is 8.45. The van der Waals surface area contributed by atoms with Gasteiger partial charge in [0.1, 0.15) is 0 Å². The van der Waals surface area contributed by atoms with Crippen LogP contribution in [0.5, 0.6) is 0 Å². The van der Waals surface area contributed by atoms with Crippen molar-refractivity contribution >= 4 is 17.5 Å². The third-order valence-corrected chi connectivity index (χ3v) is 6.19. The summed E-state index contributed by atoms with van der Waals surface area (Å²) in [5, 5.41) is 2.95. The van der Waals surface area contributed by atoms with E-state index in [4.69, 9.17) is 0 Å². The normalized spacial score (nSPS) is 15.5. The first-order chi connectivity index (χ1) is 15.7. The monoisotopic (exact) mass is 426 g/mol. The molecule has 3 aromatic carbocycles. The van der Waals surface area contributed by atoms with Crippen LogP contribution in [0.4, 0.5) is 5.69 Å². The molecule has 0 saturated carbocycles. The highest BCUT2D eigenvalue weighted by atomic mass is 16.2. The molecule has 0 radical (unpaired) electrons. The number of para-hydroxylation sites is 1. The Balaban J connectivity index is 1.44. The highest BCUT2D eigenvalue weighted by molar-refractivity contribution is 6.09. The molecule has 0 aliphatic carbocycles. The molecule has 1 atom stereocenters. The predicted octanol–water partition coefficient (Wildman–Crippen LogP) is 5.91. The van der Waals surface area contributed by atoms with Gasteiger partial charge >= 0.3 is 0 Å². The largest absolute Gasteiger partial charge is 0.338 e. The van der Waals surface area contributed by atoms with Crippen molar-refractivity contribution in [3.8, 4) is 0 Å². The number of unbranched alkanes of at least 4 members (excludes halogenated alkanes) is 1. The average molecular weight is 427 g/mol. The number of carbonyl (C=O) groups excluding carboxylic acids is 2. The van der Waals surface area contributed by atoms with Gasteiger partial charge in [-0.3, -0.25) is 9.59 Å². The fourth-order valence-electron chi connectivity index (χ4n) is 4.29. The minimum absolute atomic E-state index is 0.0331. The maximum Gasteiger partial charge on any atom is 0.255 e. The topological polar surface area (TPSA) is 49.4 Å². The van der Waals surface area contributed by atoms with Crippen molar-refractivity contribution in [2.24, 2.45) is 0 Å². The van der Waals surface area contributed by atoms with Crippen molar-refractivity contribution in [3.63, 3.8) is 0 Å². The lowest BCUT2D eigenvalue weighted by Crippen LogP contribution is -2.29. The lowest BCUT2D eigenvalue weighted by Gasteiger charge is -2.19. The second kappa shape index (κ2) is 10.3. The summed E-state index contributed by atoms with van der Waals surface area (Å²) < 4.78 is 0. The molecule has 1 unspecified atom stereocenters. The van der Waals surface area contributed by atoms with Crippen LogP contribution < -0.4 is 5.32 Å². The number of carbonyl (C=O) groups is 2. The second-order valence-corrected chi connectivity index (χ2v) is 8.45. The first kappa shape index (κ1) is 21.8. The summed E-state index contributed by atoms with van der Waals surface area (Å²) in [7, 11) is 0. The molecular formula is C28H30N2O2. The zero-order valence-electron chi connectivity index (χ0n) is 18.6. The van der Waals surface area contributed by atoms with Gasteiger partial charge in [0.15, 0.2) is 0 Å². The lowest BCUT2D eigenvalue weighted by molar-refractivity contribution is 0.0792. The highest BCUT2D eigenvalue weighted by Gasteiger charge is 2.29. The summed E-state index contributed by atoms with van der Waals surface area (Å²) in [4.78, 5) is 28.0. The number of aryl methyl sites for hydroxylation is 1. The quantitative estimate of drug-likeness (QED) is 0.510. The molecule has 0 bridgehead atoms. The minimum Gasteiger partial charge on any atom is -0.338 e. The van der Waals surface area contributed by atoms with Gasteiger partial charge in [-0.25, -0.2) is 0 Å². The summed E-state index contributed by atoms with van der Waals surface area (Å²) >= 11 is 0. The van der Waals surface area contributed by atoms with E-state index in [-0.39, 0.29) is 11.8 Å². The molecule has 1 fully saturated rings. The summed E-state index contributed by atoms with van der Waals surface area (Å²) in [6, 6.07) is 25.4. The van der Waals surface area contributed by atoms with Crippen molar-refractivity contribution < 1.29 is 9.59 Å². The Morgan fingerprint density at radius 3 is 2.41 bits per heavy atom. The third-order valence-electron chi connectivity index (χ3n) is 6.19. The molecule has 1 heterocycles. The first-order valence-corrected chi connectivity index (χ1v) is 11.5. The van der Waals surface area contributed by atoms with E-state index < -0.39 is 0 Å². The fourth-order valence-corrected chi connectivity index (χ4v) is 4.29. The van der Waals surface area contributed by atoms with Crippen LogP contribution in [0.3, 0.4) is 0 Å². The summed E-state index contributed by atoms with van der Waals surface area (Å²) in [6.45, 7) is 3.59. The molecule has 2 amide bonds. The number of amides is 2. The van der Waals surface area contributed by atoms with Crippen LogP contribution in [0.2, 0.25) is 0 Å². The molecule has 1 saturated heterocycles. The van der Waals surface area contributed by atoms with E-state index >= 15 is 0 Å². The van der Waals surface area contributed by atoms with Gasteiger partial charge in [-0.05, 0) is 54.7 Å². The SMILES string of the molecule is CCCCc1ccc(C(=O)Nc2ccccc2C(=O)N2CCC(c3ccccc3)C2)cc1. The molecule has 0 spiro atoms. The number of anilines is 1. The Hall–Kier alpha value is -3.40. The summed E-state index contributed by atoms with van der Waals surface area (Å²) in [6.07, 6.45) is 4.27. The van der Waals surface area contributed by atoms with Gasteiger partial charge in [-0.2, -0.15) is 0 Å². The fraction of sp³-hybridized carbons (Fsp3) is 0.286. The van der Waals surface area contributed by atoms with E-state index in [1.807, 2.05) is 59.5 Å². The van der Waals surface area contributed by atoms with Gasteiger partial charge < -0.3 is 10.2 Å². The zero-order chi connectivity index (χ0) is 22.3. The molecule has 1 N–H and O–H groups in total. The highest BCUT2D eigenvalue weighted by Crippen LogP contribution is 2.29. The van der Waals surface area contributed by atoms with E-state index in [2.05, 4.69) is 24.4 Å². The number of hydrogen-bond donors (Lipinski definition) is 1. The van der Waals surface area contributed by atoms with Crippen LogP contribution in [0.25, 0.3) is 0 Å². The Morgan fingerprint density at radius 1 is 0.938 bits per heavy atom. The Morgan fingerprint density at radius 2 is 1.66 bits per heavy atom. The molecular weight excluding hydrogens is 396 g/mol. The smallest absolute Gasteiger partial charge is 0.255 e. The predicted molar refractivity (Wildman–Crippen MR) is 129 cm³/mol. The van der Waals surface area contributed by atoms with Crippen molar-refractivity contribution in [1.29, 1.82) is 0 Å². The Labute approximate surface area is 190 Å². The first-order valence-electron chi connectivity index (χ1n) is 11.5. The third kappa shape index (κ3) is 5.08. The van der Waals surface area contributed by atoms with Crippen LogP contribution in [-0.4, -0.2) is 29.8 Å². The number of hydrogen-bond acceptors (Lipinski definition) is 2.